The molecule has 0 saturated carbocycles. The molecular weight excluding hydrogens is 862 g/mol. The van der Waals surface area contributed by atoms with Gasteiger partial charge in [0.1, 0.15) is 0 Å². The maximum atomic E-state index is 9.64. The van der Waals surface area contributed by atoms with Crippen LogP contribution in [0.1, 0.15) is 41.5 Å². The largest absolute Gasteiger partial charge is 6.00 e. The summed E-state index contributed by atoms with van der Waals surface area (Å²) in [4.78, 5) is 57.9. The van der Waals surface area contributed by atoms with E-state index >= 15 is 0 Å². The Morgan fingerprint density at radius 3 is 0.429 bits per heavy atom. The molecule has 0 aromatic carbocycles. The number of hydrogen-bond acceptors (Lipinski definition) is 12. The van der Waals surface area contributed by atoms with Crippen molar-refractivity contribution in [1.29, 1.82) is 0 Å². The molecule has 13 heteroatoms. The number of carboxylic acids is 6. The van der Waals surface area contributed by atoms with Crippen molar-refractivity contribution in [2.24, 2.45) is 0 Å². The van der Waals surface area contributed by atoms with Gasteiger partial charge in [0.15, 0.2) is 0 Å². The van der Waals surface area contributed by atoms with Crippen molar-refractivity contribution in [1.82, 2.24) is 0 Å². The third-order valence-electron chi connectivity index (χ3n) is 3.22. The fourth-order valence-corrected chi connectivity index (χ4v) is 1.47. The summed E-state index contributed by atoms with van der Waals surface area (Å²) >= 11 is 0. The Morgan fingerprint density at radius 1 is 0.265 bits per heavy atom. The van der Waals surface area contributed by atoms with Gasteiger partial charge in [0, 0.05) is 0 Å². The second-order valence-electron chi connectivity index (χ2n) is 7.22. The first-order valence-corrected chi connectivity index (χ1v) is 13.6. The zero-order valence-electron chi connectivity index (χ0n) is 28.3. The molecule has 49 heavy (non-hydrogen) atoms. The molecule has 0 N–H and O–H groups in total. The first kappa shape index (κ1) is 59.2. The third kappa shape index (κ3) is 116. The molecular formula is C36H42O12U. The summed E-state index contributed by atoms with van der Waals surface area (Å²) in [6, 6.07) is 0. The fourth-order valence-electron chi connectivity index (χ4n) is 1.47. The summed E-state index contributed by atoms with van der Waals surface area (Å²) in [5.41, 5.74) is 0. The van der Waals surface area contributed by atoms with Gasteiger partial charge in [-0.3, -0.25) is 0 Å². The van der Waals surface area contributed by atoms with E-state index in [0.29, 0.717) is 0 Å². The average molecular weight is 905 g/mol. The van der Waals surface area contributed by atoms with Crippen LogP contribution in [0.5, 0.6) is 0 Å². The molecule has 262 valence electrons. The van der Waals surface area contributed by atoms with Gasteiger partial charge in [-0.1, -0.05) is 109 Å². The number of carbonyl (C=O) groups excluding carboxylic acids is 6. The molecule has 0 fully saturated rings. The summed E-state index contributed by atoms with van der Waals surface area (Å²) in [6.45, 7) is 10.8. The van der Waals surface area contributed by atoms with Crippen molar-refractivity contribution >= 4 is 35.8 Å². The first-order chi connectivity index (χ1) is 22.6. The molecule has 0 aliphatic rings. The Morgan fingerprint density at radius 2 is 0.367 bits per heavy atom. The third-order valence-corrected chi connectivity index (χ3v) is 3.22. The van der Waals surface area contributed by atoms with Crippen molar-refractivity contribution in [2.45, 2.75) is 41.5 Å². The Balaban J connectivity index is -0.0000000860. The number of allylic oxidation sites excluding steroid dienone is 18. The van der Waals surface area contributed by atoms with Crippen LogP contribution in [0.4, 0.5) is 0 Å². The van der Waals surface area contributed by atoms with Crippen LogP contribution in [0.15, 0.2) is 146 Å². The van der Waals surface area contributed by atoms with E-state index in [1.54, 1.807) is 114 Å². The Labute approximate surface area is 312 Å². The van der Waals surface area contributed by atoms with E-state index in [0.717, 1.165) is 36.5 Å². The van der Waals surface area contributed by atoms with Crippen molar-refractivity contribution in [3.05, 3.63) is 146 Å². The van der Waals surface area contributed by atoms with E-state index in [1.165, 1.54) is 36.5 Å². The summed E-state index contributed by atoms with van der Waals surface area (Å²) in [6.07, 6.45) is 34.4. The maximum Gasteiger partial charge on any atom is 6.00 e. The SMILES string of the molecule is C/C=C/C=C/C(=O)[O-].C/C=C/C=C/C(=O)[O-].C/C=C/C=C/C(=O)[O-].C/C=C/C=C/C(=O)[O-].C/C=C/C=C/C(=O)[O-].C/C=C/C=C/C(=O)[O-].[U+6]. The molecule has 0 radical (unpaired) electrons. The average Bonchev–Trinajstić information content (AvgIpc) is 2.99. The molecule has 0 aromatic rings. The minimum absolute atomic E-state index is 0. The van der Waals surface area contributed by atoms with Gasteiger partial charge in [0.2, 0.25) is 0 Å². The van der Waals surface area contributed by atoms with Gasteiger partial charge >= 0.3 is 31.1 Å². The van der Waals surface area contributed by atoms with Gasteiger partial charge in [-0.05, 0) is 78.0 Å². The number of hydrogen-bond donors (Lipinski definition) is 0. The van der Waals surface area contributed by atoms with Crippen LogP contribution >= 0.6 is 0 Å². The molecule has 0 heterocycles. The molecule has 0 aliphatic heterocycles. The molecule has 0 amide bonds. The summed E-state index contributed by atoms with van der Waals surface area (Å²) in [5.74, 6) is -6.98. The van der Waals surface area contributed by atoms with E-state index in [4.69, 9.17) is 0 Å². The van der Waals surface area contributed by atoms with E-state index in [-0.39, 0.29) is 31.1 Å². The van der Waals surface area contributed by atoms with Crippen LogP contribution in [0.2, 0.25) is 0 Å². The zero-order chi connectivity index (χ0) is 38.4. The van der Waals surface area contributed by atoms with Crippen LogP contribution in [-0.4, -0.2) is 35.8 Å². The van der Waals surface area contributed by atoms with Crippen LogP contribution < -0.4 is 30.6 Å². The van der Waals surface area contributed by atoms with Gasteiger partial charge in [-0.2, -0.15) is 0 Å². The van der Waals surface area contributed by atoms with Gasteiger partial charge in [0.25, 0.3) is 0 Å². The molecule has 12 nitrogen and oxygen atoms in total. The van der Waals surface area contributed by atoms with E-state index < -0.39 is 35.8 Å². The number of carbonyl (C=O) groups is 6. The minimum atomic E-state index is -1.16. The minimum Gasteiger partial charge on any atom is -0.545 e. The second-order valence-corrected chi connectivity index (χ2v) is 7.22. The molecule has 0 aliphatic carbocycles. The monoisotopic (exact) mass is 904 g/mol. The summed E-state index contributed by atoms with van der Waals surface area (Å²) < 4.78 is 0. The van der Waals surface area contributed by atoms with Gasteiger partial charge in [-0.25, -0.2) is 0 Å². The molecule has 0 rings (SSSR count). The predicted octanol–water partition coefficient (Wildman–Crippen LogP) is -0.788. The molecule has 0 unspecified atom stereocenters. The maximum absolute atomic E-state index is 9.64. The van der Waals surface area contributed by atoms with Gasteiger partial charge in [-0.15, -0.1) is 0 Å². The van der Waals surface area contributed by atoms with Crippen molar-refractivity contribution in [3.8, 4) is 0 Å². The van der Waals surface area contributed by atoms with Crippen LogP contribution in [0, 0.1) is 31.1 Å². The number of rotatable bonds is 12. The van der Waals surface area contributed by atoms with Crippen LogP contribution in [-0.2, 0) is 28.8 Å². The quantitative estimate of drug-likeness (QED) is 0.173. The van der Waals surface area contributed by atoms with E-state index in [1.807, 2.05) is 0 Å². The Bertz CT molecular complexity index is 990. The zero-order valence-corrected chi connectivity index (χ0v) is 32.4. The normalized spacial score (nSPS) is 10.9. The molecule has 0 atom stereocenters. The standard InChI is InChI=1S/6C6H8O2.U/c6*1-2-3-4-5-6(7)8;/h6*2-5H,1H3,(H,7,8);/q;;;;;;+6/p-6/b6*3-2+,5-4+;. The Hall–Kier alpha value is -5.25. The number of aliphatic carboxylic acids is 6. The van der Waals surface area contributed by atoms with Crippen molar-refractivity contribution < 1.29 is 90.5 Å². The van der Waals surface area contributed by atoms with E-state index in [2.05, 4.69) is 0 Å². The smallest absolute Gasteiger partial charge is 0.545 e. The number of carboxylic acid groups (broad SMARTS) is 6. The van der Waals surface area contributed by atoms with Gasteiger partial charge < -0.3 is 59.4 Å². The molecule has 0 aromatic heterocycles. The van der Waals surface area contributed by atoms with Crippen molar-refractivity contribution in [2.75, 3.05) is 0 Å². The van der Waals surface area contributed by atoms with Crippen molar-refractivity contribution in [3.63, 3.8) is 0 Å². The summed E-state index contributed by atoms with van der Waals surface area (Å²) in [5, 5.41) is 57.9. The van der Waals surface area contributed by atoms with Crippen LogP contribution in [0.25, 0.3) is 0 Å². The molecule has 0 saturated heterocycles. The summed E-state index contributed by atoms with van der Waals surface area (Å²) in [7, 11) is 0. The van der Waals surface area contributed by atoms with Gasteiger partial charge in [0.05, 0.1) is 35.8 Å². The molecule has 0 spiro atoms. The van der Waals surface area contributed by atoms with E-state index in [9.17, 15) is 59.4 Å². The molecule has 0 bridgehead atoms. The van der Waals surface area contributed by atoms with Crippen LogP contribution in [0.3, 0.4) is 0 Å². The predicted molar refractivity (Wildman–Crippen MR) is 174 cm³/mol. The second kappa shape index (κ2) is 55.2. The Kier molecular flexibility index (Phi) is 66.7. The fraction of sp³-hybridized carbons (Fsp3) is 0.167. The topological polar surface area (TPSA) is 241 Å². The first-order valence-electron chi connectivity index (χ1n) is 13.6.